The molecular weight excluding hydrogens is 212 g/mol. The molecule has 1 aromatic carbocycles. The molecule has 4 nitrogen and oxygen atoms in total. The maximum Gasteiger partial charge on any atom is 0.137 e. The Morgan fingerprint density at radius 1 is 1.18 bits per heavy atom. The number of hydrogen-bond acceptors (Lipinski definition) is 3. The van der Waals surface area contributed by atoms with Gasteiger partial charge in [0.1, 0.15) is 11.6 Å². The molecule has 1 N–H and O–H groups in total. The Balaban J connectivity index is 2.24. The first-order valence-corrected chi connectivity index (χ1v) is 5.94. The van der Waals surface area contributed by atoms with E-state index in [1.165, 1.54) is 0 Å². The fraction of sp³-hybridized carbons (Fsp3) is 0.385. The number of para-hydroxylation sites is 1. The van der Waals surface area contributed by atoms with Crippen molar-refractivity contribution in [3.8, 4) is 5.69 Å². The number of hydrogen-bond donors (Lipinski definition) is 1. The molecule has 1 heterocycles. The number of nitrogens with zero attached hydrogens (tertiary/aromatic N) is 3. The zero-order valence-electron chi connectivity index (χ0n) is 10.3. The standard InChI is InChI=1S/C13H18N4/c1-11-15-16-13(9-6-10-14-2)17(11)12-7-4-3-5-8-12/h3-5,7-8,14H,6,9-10H2,1-2H3. The molecule has 0 radical (unpaired) electrons. The van der Waals surface area contributed by atoms with Gasteiger partial charge in [-0.1, -0.05) is 18.2 Å². The predicted octanol–water partition coefficient (Wildman–Crippen LogP) is 1.73. The van der Waals surface area contributed by atoms with Crippen molar-refractivity contribution in [3.05, 3.63) is 42.0 Å². The van der Waals surface area contributed by atoms with Gasteiger partial charge in [0.15, 0.2) is 0 Å². The molecule has 2 rings (SSSR count). The molecule has 0 saturated heterocycles. The van der Waals surface area contributed by atoms with E-state index in [9.17, 15) is 0 Å². The summed E-state index contributed by atoms with van der Waals surface area (Å²) in [5.41, 5.74) is 1.13. The Bertz CT molecular complexity index is 462. The molecule has 0 aliphatic heterocycles. The summed E-state index contributed by atoms with van der Waals surface area (Å²) in [7, 11) is 1.97. The van der Waals surface area contributed by atoms with Crippen LogP contribution in [-0.2, 0) is 6.42 Å². The molecule has 1 aromatic heterocycles. The molecule has 0 bridgehead atoms. The highest BCUT2D eigenvalue weighted by Crippen LogP contribution is 2.13. The van der Waals surface area contributed by atoms with Gasteiger partial charge in [-0.15, -0.1) is 10.2 Å². The quantitative estimate of drug-likeness (QED) is 0.795. The van der Waals surface area contributed by atoms with E-state index in [-0.39, 0.29) is 0 Å². The van der Waals surface area contributed by atoms with Gasteiger partial charge in [-0.25, -0.2) is 0 Å². The van der Waals surface area contributed by atoms with Crippen molar-refractivity contribution in [2.75, 3.05) is 13.6 Å². The summed E-state index contributed by atoms with van der Waals surface area (Å²) in [6, 6.07) is 10.2. The van der Waals surface area contributed by atoms with Crippen LogP contribution in [0.3, 0.4) is 0 Å². The molecular formula is C13H18N4. The average molecular weight is 230 g/mol. The molecule has 0 spiro atoms. The lowest BCUT2D eigenvalue weighted by atomic mass is 10.2. The van der Waals surface area contributed by atoms with Crippen LogP contribution in [0.1, 0.15) is 18.1 Å². The number of nitrogens with one attached hydrogen (secondary N) is 1. The van der Waals surface area contributed by atoms with Crippen molar-refractivity contribution in [2.45, 2.75) is 19.8 Å². The summed E-state index contributed by atoms with van der Waals surface area (Å²) in [5, 5.41) is 11.6. The molecule has 0 aliphatic rings. The van der Waals surface area contributed by atoms with Crippen molar-refractivity contribution in [1.82, 2.24) is 20.1 Å². The van der Waals surface area contributed by atoms with Crippen LogP contribution >= 0.6 is 0 Å². The third-order valence-corrected chi connectivity index (χ3v) is 2.73. The molecule has 0 saturated carbocycles. The number of aromatic nitrogens is 3. The Morgan fingerprint density at radius 3 is 2.65 bits per heavy atom. The molecule has 0 fully saturated rings. The Kier molecular flexibility index (Phi) is 3.88. The lowest BCUT2D eigenvalue weighted by Gasteiger charge is -2.08. The third kappa shape index (κ3) is 2.71. The van der Waals surface area contributed by atoms with Crippen LogP contribution in [0.2, 0.25) is 0 Å². The third-order valence-electron chi connectivity index (χ3n) is 2.73. The van der Waals surface area contributed by atoms with E-state index in [0.717, 1.165) is 36.7 Å². The lowest BCUT2D eigenvalue weighted by molar-refractivity contribution is 0.692. The summed E-state index contributed by atoms with van der Waals surface area (Å²) in [5.74, 6) is 1.97. The summed E-state index contributed by atoms with van der Waals surface area (Å²) in [6.45, 7) is 2.99. The maximum absolute atomic E-state index is 4.25. The Hall–Kier alpha value is -1.68. The van der Waals surface area contributed by atoms with Crippen molar-refractivity contribution < 1.29 is 0 Å². The van der Waals surface area contributed by atoms with Gasteiger partial charge in [-0.2, -0.15) is 0 Å². The summed E-state index contributed by atoms with van der Waals surface area (Å²) in [4.78, 5) is 0. The van der Waals surface area contributed by atoms with Crippen molar-refractivity contribution in [3.63, 3.8) is 0 Å². The van der Waals surface area contributed by atoms with Crippen LogP contribution in [0.25, 0.3) is 5.69 Å². The van der Waals surface area contributed by atoms with Crippen LogP contribution < -0.4 is 5.32 Å². The zero-order chi connectivity index (χ0) is 12.1. The first kappa shape index (κ1) is 11.8. The average Bonchev–Trinajstić information content (AvgIpc) is 2.72. The van der Waals surface area contributed by atoms with Gasteiger partial charge >= 0.3 is 0 Å². The van der Waals surface area contributed by atoms with Gasteiger partial charge in [-0.3, -0.25) is 4.57 Å². The van der Waals surface area contributed by atoms with Crippen molar-refractivity contribution >= 4 is 0 Å². The summed E-state index contributed by atoms with van der Waals surface area (Å²) >= 11 is 0. The first-order chi connectivity index (χ1) is 8.33. The van der Waals surface area contributed by atoms with E-state index in [1.54, 1.807) is 0 Å². The second-order valence-electron chi connectivity index (χ2n) is 4.04. The normalized spacial score (nSPS) is 10.7. The fourth-order valence-corrected chi connectivity index (χ4v) is 1.90. The molecule has 0 atom stereocenters. The number of benzene rings is 1. The van der Waals surface area contributed by atoms with Crippen LogP contribution in [0, 0.1) is 6.92 Å². The van der Waals surface area contributed by atoms with E-state index in [1.807, 2.05) is 32.2 Å². The van der Waals surface area contributed by atoms with Gasteiger partial charge in [0.25, 0.3) is 0 Å². The number of aryl methyl sites for hydroxylation is 2. The fourth-order valence-electron chi connectivity index (χ4n) is 1.90. The molecule has 17 heavy (non-hydrogen) atoms. The van der Waals surface area contributed by atoms with Crippen LogP contribution in [0.4, 0.5) is 0 Å². The molecule has 0 unspecified atom stereocenters. The van der Waals surface area contributed by atoms with E-state index in [4.69, 9.17) is 0 Å². The molecule has 2 aromatic rings. The Labute approximate surface area is 102 Å². The SMILES string of the molecule is CNCCCc1nnc(C)n1-c1ccccc1. The maximum atomic E-state index is 4.25. The van der Waals surface area contributed by atoms with Gasteiger partial charge in [0, 0.05) is 12.1 Å². The number of rotatable bonds is 5. The van der Waals surface area contributed by atoms with Gasteiger partial charge in [-0.05, 0) is 39.1 Å². The second kappa shape index (κ2) is 5.59. The second-order valence-corrected chi connectivity index (χ2v) is 4.04. The van der Waals surface area contributed by atoms with E-state index in [2.05, 4.69) is 32.2 Å². The van der Waals surface area contributed by atoms with E-state index < -0.39 is 0 Å². The minimum absolute atomic E-state index is 0.940. The highest BCUT2D eigenvalue weighted by molar-refractivity contribution is 5.33. The highest BCUT2D eigenvalue weighted by atomic mass is 15.3. The summed E-state index contributed by atoms with van der Waals surface area (Å²) in [6.07, 6.45) is 2.01. The van der Waals surface area contributed by atoms with Gasteiger partial charge < -0.3 is 5.32 Å². The highest BCUT2D eigenvalue weighted by Gasteiger charge is 2.09. The lowest BCUT2D eigenvalue weighted by Crippen LogP contribution is -2.10. The smallest absolute Gasteiger partial charge is 0.137 e. The van der Waals surface area contributed by atoms with Crippen LogP contribution in [0.15, 0.2) is 30.3 Å². The molecule has 0 amide bonds. The predicted molar refractivity (Wildman–Crippen MR) is 68.3 cm³/mol. The van der Waals surface area contributed by atoms with Crippen LogP contribution in [0.5, 0.6) is 0 Å². The topological polar surface area (TPSA) is 42.7 Å². The van der Waals surface area contributed by atoms with Crippen molar-refractivity contribution in [2.24, 2.45) is 0 Å². The minimum atomic E-state index is 0.940. The first-order valence-electron chi connectivity index (χ1n) is 5.94. The zero-order valence-corrected chi connectivity index (χ0v) is 10.3. The molecule has 0 aliphatic carbocycles. The summed E-state index contributed by atoms with van der Waals surface area (Å²) < 4.78 is 2.12. The van der Waals surface area contributed by atoms with Gasteiger partial charge in [0.05, 0.1) is 0 Å². The molecule has 90 valence electrons. The largest absolute Gasteiger partial charge is 0.320 e. The monoisotopic (exact) mass is 230 g/mol. The Morgan fingerprint density at radius 2 is 1.94 bits per heavy atom. The molecule has 4 heteroatoms. The minimum Gasteiger partial charge on any atom is -0.320 e. The van der Waals surface area contributed by atoms with Gasteiger partial charge in [0.2, 0.25) is 0 Å². The van der Waals surface area contributed by atoms with Crippen LogP contribution in [-0.4, -0.2) is 28.4 Å². The van der Waals surface area contributed by atoms with E-state index in [0.29, 0.717) is 0 Å². The van der Waals surface area contributed by atoms with E-state index >= 15 is 0 Å². The van der Waals surface area contributed by atoms with Crippen molar-refractivity contribution in [1.29, 1.82) is 0 Å².